The van der Waals surface area contributed by atoms with Crippen LogP contribution in [-0.2, 0) is 21.2 Å². The summed E-state index contributed by atoms with van der Waals surface area (Å²) in [5.41, 5.74) is 7.92. The zero-order valence-electron chi connectivity index (χ0n) is 11.6. The standard InChI is InChI=1S/C13H22N2O3S/c1-4-11-5-6-12(9-13(11)14)15-19(16,17)8-7-18-10(2)3/h5-6,9-10,15H,4,7-8,14H2,1-3H3. The summed E-state index contributed by atoms with van der Waals surface area (Å²) >= 11 is 0. The molecule has 0 unspecified atom stereocenters. The summed E-state index contributed by atoms with van der Waals surface area (Å²) in [6, 6.07) is 5.19. The van der Waals surface area contributed by atoms with Crippen molar-refractivity contribution in [2.24, 2.45) is 0 Å². The average molecular weight is 286 g/mol. The molecule has 0 heterocycles. The van der Waals surface area contributed by atoms with Crippen molar-refractivity contribution in [3.05, 3.63) is 23.8 Å². The molecule has 19 heavy (non-hydrogen) atoms. The van der Waals surface area contributed by atoms with E-state index >= 15 is 0 Å². The van der Waals surface area contributed by atoms with Gasteiger partial charge in [0, 0.05) is 5.69 Å². The lowest BCUT2D eigenvalue weighted by Gasteiger charge is -2.11. The second kappa shape index (κ2) is 6.77. The number of rotatable bonds is 7. The molecule has 5 nitrogen and oxygen atoms in total. The molecule has 0 aliphatic heterocycles. The van der Waals surface area contributed by atoms with E-state index < -0.39 is 10.0 Å². The molecule has 3 N–H and O–H groups in total. The monoisotopic (exact) mass is 286 g/mol. The minimum Gasteiger partial charge on any atom is -0.398 e. The van der Waals surface area contributed by atoms with Crippen molar-refractivity contribution in [1.29, 1.82) is 0 Å². The molecule has 0 aromatic heterocycles. The molecule has 1 aromatic rings. The van der Waals surface area contributed by atoms with Crippen molar-refractivity contribution < 1.29 is 13.2 Å². The first kappa shape index (κ1) is 15.8. The lowest BCUT2D eigenvalue weighted by Crippen LogP contribution is -2.21. The smallest absolute Gasteiger partial charge is 0.235 e. The molecule has 0 spiro atoms. The topological polar surface area (TPSA) is 81.4 Å². The van der Waals surface area contributed by atoms with Crippen LogP contribution in [0.3, 0.4) is 0 Å². The normalized spacial score (nSPS) is 11.8. The predicted octanol–water partition coefficient (Wildman–Crippen LogP) is 2.00. The Balaban J connectivity index is 2.65. The molecule has 108 valence electrons. The maximum Gasteiger partial charge on any atom is 0.235 e. The van der Waals surface area contributed by atoms with E-state index in [9.17, 15) is 8.42 Å². The second-order valence-electron chi connectivity index (χ2n) is 4.61. The molecular formula is C13H22N2O3S. The predicted molar refractivity (Wildman–Crippen MR) is 78.7 cm³/mol. The number of anilines is 2. The first-order valence-electron chi connectivity index (χ1n) is 6.34. The summed E-state index contributed by atoms with van der Waals surface area (Å²) in [6.45, 7) is 5.91. The van der Waals surface area contributed by atoms with Gasteiger partial charge in [0.2, 0.25) is 10.0 Å². The lowest BCUT2D eigenvalue weighted by molar-refractivity contribution is 0.0913. The summed E-state index contributed by atoms with van der Waals surface area (Å²) in [6.07, 6.45) is 0.843. The molecule has 0 aliphatic carbocycles. The minimum absolute atomic E-state index is 0.0229. The number of aryl methyl sites for hydroxylation is 1. The van der Waals surface area contributed by atoms with Crippen molar-refractivity contribution in [1.82, 2.24) is 0 Å². The van der Waals surface area contributed by atoms with Gasteiger partial charge < -0.3 is 10.5 Å². The van der Waals surface area contributed by atoms with E-state index in [0.717, 1.165) is 12.0 Å². The number of hydrogen-bond acceptors (Lipinski definition) is 4. The highest BCUT2D eigenvalue weighted by Crippen LogP contribution is 2.19. The van der Waals surface area contributed by atoms with Crippen molar-refractivity contribution in [2.45, 2.75) is 33.3 Å². The molecule has 0 atom stereocenters. The summed E-state index contributed by atoms with van der Waals surface area (Å²) in [5, 5.41) is 0. The highest BCUT2D eigenvalue weighted by atomic mass is 32.2. The molecule has 0 amide bonds. The molecule has 0 bridgehead atoms. The quantitative estimate of drug-likeness (QED) is 0.751. The molecular weight excluding hydrogens is 264 g/mol. The van der Waals surface area contributed by atoms with Gasteiger partial charge in [0.05, 0.1) is 24.2 Å². The molecule has 6 heteroatoms. The third-order valence-corrected chi connectivity index (χ3v) is 3.85. The van der Waals surface area contributed by atoms with E-state index in [1.165, 1.54) is 0 Å². The lowest BCUT2D eigenvalue weighted by atomic mass is 10.1. The molecule has 0 fully saturated rings. The van der Waals surface area contributed by atoms with Crippen LogP contribution >= 0.6 is 0 Å². The highest BCUT2D eigenvalue weighted by Gasteiger charge is 2.11. The van der Waals surface area contributed by atoms with Crippen molar-refractivity contribution in [3.63, 3.8) is 0 Å². The molecule has 1 rings (SSSR count). The number of nitrogens with two attached hydrogens (primary N) is 1. The van der Waals surface area contributed by atoms with Gasteiger partial charge >= 0.3 is 0 Å². The Bertz CT molecular complexity index is 513. The Kier molecular flexibility index (Phi) is 5.62. The summed E-state index contributed by atoms with van der Waals surface area (Å²) in [4.78, 5) is 0. The van der Waals surface area contributed by atoms with E-state index in [-0.39, 0.29) is 18.5 Å². The number of benzene rings is 1. The molecule has 0 saturated heterocycles. The van der Waals surface area contributed by atoms with Crippen LogP contribution in [0.25, 0.3) is 0 Å². The Morgan fingerprint density at radius 3 is 2.58 bits per heavy atom. The van der Waals surface area contributed by atoms with Gasteiger partial charge in [0.15, 0.2) is 0 Å². The second-order valence-corrected chi connectivity index (χ2v) is 6.45. The van der Waals surface area contributed by atoms with Gasteiger partial charge in [-0.05, 0) is 38.0 Å². The van der Waals surface area contributed by atoms with E-state index in [0.29, 0.717) is 11.4 Å². The summed E-state index contributed by atoms with van der Waals surface area (Å²) in [7, 11) is -3.40. The van der Waals surface area contributed by atoms with Gasteiger partial charge in [-0.2, -0.15) is 0 Å². The van der Waals surface area contributed by atoms with E-state index in [1.807, 2.05) is 26.8 Å². The fraction of sp³-hybridized carbons (Fsp3) is 0.538. The molecule has 0 radical (unpaired) electrons. The number of ether oxygens (including phenoxy) is 1. The van der Waals surface area contributed by atoms with Crippen LogP contribution in [0.5, 0.6) is 0 Å². The van der Waals surface area contributed by atoms with E-state index in [1.54, 1.807) is 12.1 Å². The van der Waals surface area contributed by atoms with Gasteiger partial charge in [0.1, 0.15) is 0 Å². The van der Waals surface area contributed by atoms with Crippen LogP contribution < -0.4 is 10.5 Å². The van der Waals surface area contributed by atoms with Gasteiger partial charge in [-0.1, -0.05) is 13.0 Å². The number of nitrogen functional groups attached to an aromatic ring is 1. The van der Waals surface area contributed by atoms with Crippen LogP contribution in [0.2, 0.25) is 0 Å². The zero-order valence-corrected chi connectivity index (χ0v) is 12.5. The molecule has 0 saturated carbocycles. The fourth-order valence-corrected chi connectivity index (χ4v) is 2.51. The first-order valence-corrected chi connectivity index (χ1v) is 7.99. The van der Waals surface area contributed by atoms with Crippen LogP contribution in [0.4, 0.5) is 11.4 Å². The SMILES string of the molecule is CCc1ccc(NS(=O)(=O)CCOC(C)C)cc1N. The van der Waals surface area contributed by atoms with Gasteiger partial charge in [0.25, 0.3) is 0 Å². The Labute approximate surface area is 115 Å². The zero-order chi connectivity index (χ0) is 14.5. The number of nitrogens with one attached hydrogen (secondary N) is 1. The van der Waals surface area contributed by atoms with Crippen molar-refractivity contribution in [3.8, 4) is 0 Å². The third-order valence-electron chi connectivity index (χ3n) is 2.60. The first-order chi connectivity index (χ1) is 8.84. The summed E-state index contributed by atoms with van der Waals surface area (Å²) in [5.74, 6) is -0.0688. The van der Waals surface area contributed by atoms with Gasteiger partial charge in [-0.25, -0.2) is 8.42 Å². The fourth-order valence-electron chi connectivity index (χ4n) is 1.60. The third kappa shape index (κ3) is 5.48. The van der Waals surface area contributed by atoms with Crippen LogP contribution in [0, 0.1) is 0 Å². The van der Waals surface area contributed by atoms with E-state index in [2.05, 4.69) is 4.72 Å². The maximum absolute atomic E-state index is 11.8. The van der Waals surface area contributed by atoms with Crippen LogP contribution in [0.1, 0.15) is 26.3 Å². The Morgan fingerprint density at radius 1 is 1.37 bits per heavy atom. The largest absolute Gasteiger partial charge is 0.398 e. The van der Waals surface area contributed by atoms with Gasteiger partial charge in [-0.15, -0.1) is 0 Å². The highest BCUT2D eigenvalue weighted by molar-refractivity contribution is 7.92. The van der Waals surface area contributed by atoms with Crippen LogP contribution in [-0.4, -0.2) is 26.9 Å². The van der Waals surface area contributed by atoms with Crippen molar-refractivity contribution in [2.75, 3.05) is 22.8 Å². The molecule has 1 aromatic carbocycles. The maximum atomic E-state index is 11.8. The van der Waals surface area contributed by atoms with Gasteiger partial charge in [-0.3, -0.25) is 4.72 Å². The average Bonchev–Trinajstić information content (AvgIpc) is 2.27. The number of sulfonamides is 1. The van der Waals surface area contributed by atoms with Crippen molar-refractivity contribution >= 4 is 21.4 Å². The Hall–Kier alpha value is -1.27. The minimum atomic E-state index is -3.40. The molecule has 0 aliphatic rings. The summed E-state index contributed by atoms with van der Waals surface area (Å²) < 4.78 is 31.4. The van der Waals surface area contributed by atoms with Crippen LogP contribution in [0.15, 0.2) is 18.2 Å². The number of hydrogen-bond donors (Lipinski definition) is 2. The van der Waals surface area contributed by atoms with E-state index in [4.69, 9.17) is 10.5 Å². The Morgan fingerprint density at radius 2 is 2.05 bits per heavy atom.